The summed E-state index contributed by atoms with van der Waals surface area (Å²) >= 11 is 0. The van der Waals surface area contributed by atoms with Gasteiger partial charge in [0.15, 0.2) is 0 Å². The minimum Gasteiger partial charge on any atom is -0.339 e. The van der Waals surface area contributed by atoms with Gasteiger partial charge in [0, 0.05) is 40.3 Å². The number of nitrogens with one attached hydrogen (secondary N) is 1. The molecule has 20 heavy (non-hydrogen) atoms. The third kappa shape index (κ3) is 3.16. The molecule has 1 saturated heterocycles. The molecular formula is C13H21N5O2. The summed E-state index contributed by atoms with van der Waals surface area (Å²) in [6.07, 6.45) is 0. The van der Waals surface area contributed by atoms with Gasteiger partial charge >= 0.3 is 0 Å². The zero-order valence-corrected chi connectivity index (χ0v) is 12.2. The predicted molar refractivity (Wildman–Crippen MR) is 74.4 cm³/mol. The van der Waals surface area contributed by atoms with Crippen molar-refractivity contribution in [3.05, 3.63) is 17.5 Å². The number of likely N-dealkylation sites (N-methyl/N-ethyl adjacent to an activating group) is 1. The van der Waals surface area contributed by atoms with E-state index >= 15 is 0 Å². The van der Waals surface area contributed by atoms with Crippen LogP contribution in [0.2, 0.25) is 0 Å². The smallest absolute Gasteiger partial charge is 0.272 e. The number of amides is 2. The molecule has 0 unspecified atom stereocenters. The molecule has 0 aliphatic carbocycles. The number of nitrogens with zero attached hydrogens (tertiary/aromatic N) is 4. The zero-order valence-electron chi connectivity index (χ0n) is 12.2. The monoisotopic (exact) mass is 279 g/mol. The summed E-state index contributed by atoms with van der Waals surface area (Å²) in [6, 6.07) is 1.73. The van der Waals surface area contributed by atoms with Crippen molar-refractivity contribution in [1.29, 1.82) is 0 Å². The first-order valence-electron chi connectivity index (χ1n) is 6.73. The standard InChI is InChI=1S/C13H21N5O2/c1-10-8-11(17(3)15-10)13(20)16(2)9-12(19)18-6-4-14-5-7-18/h8,14H,4-7,9H2,1-3H3. The molecule has 0 aromatic carbocycles. The Morgan fingerprint density at radius 3 is 2.60 bits per heavy atom. The lowest BCUT2D eigenvalue weighted by molar-refractivity contribution is -0.132. The number of carbonyl (C=O) groups excluding carboxylic acids is 2. The van der Waals surface area contributed by atoms with E-state index in [1.807, 2.05) is 6.92 Å². The van der Waals surface area contributed by atoms with Crippen molar-refractivity contribution >= 4 is 11.8 Å². The average molecular weight is 279 g/mol. The highest BCUT2D eigenvalue weighted by molar-refractivity contribution is 5.95. The second-order valence-corrected chi connectivity index (χ2v) is 5.09. The summed E-state index contributed by atoms with van der Waals surface area (Å²) in [6.45, 7) is 4.96. The largest absolute Gasteiger partial charge is 0.339 e. The number of hydrogen-bond donors (Lipinski definition) is 1. The maximum Gasteiger partial charge on any atom is 0.272 e. The quantitative estimate of drug-likeness (QED) is 0.789. The number of piperazine rings is 1. The molecule has 2 rings (SSSR count). The number of aryl methyl sites for hydroxylation is 2. The molecule has 7 heteroatoms. The van der Waals surface area contributed by atoms with Crippen LogP contribution in [0.4, 0.5) is 0 Å². The van der Waals surface area contributed by atoms with Gasteiger partial charge in [0.2, 0.25) is 5.91 Å². The minimum absolute atomic E-state index is 0.0127. The summed E-state index contributed by atoms with van der Waals surface area (Å²) in [5, 5.41) is 7.34. The van der Waals surface area contributed by atoms with E-state index in [-0.39, 0.29) is 18.4 Å². The summed E-state index contributed by atoms with van der Waals surface area (Å²) in [7, 11) is 3.37. The van der Waals surface area contributed by atoms with Gasteiger partial charge in [0.05, 0.1) is 12.2 Å². The van der Waals surface area contributed by atoms with Gasteiger partial charge in [-0.1, -0.05) is 0 Å². The maximum atomic E-state index is 12.3. The van der Waals surface area contributed by atoms with Crippen LogP contribution in [0.15, 0.2) is 6.07 Å². The van der Waals surface area contributed by atoms with Crippen molar-refractivity contribution in [2.75, 3.05) is 39.8 Å². The second kappa shape index (κ2) is 6.04. The van der Waals surface area contributed by atoms with Gasteiger partial charge in [-0.05, 0) is 13.0 Å². The molecule has 0 radical (unpaired) electrons. The highest BCUT2D eigenvalue weighted by Gasteiger charge is 2.22. The molecule has 0 atom stereocenters. The molecule has 1 aromatic rings. The Labute approximate surface area is 118 Å². The first-order chi connectivity index (χ1) is 9.49. The fourth-order valence-electron chi connectivity index (χ4n) is 2.30. The topological polar surface area (TPSA) is 70.5 Å². The molecule has 1 fully saturated rings. The second-order valence-electron chi connectivity index (χ2n) is 5.09. The summed E-state index contributed by atoms with van der Waals surface area (Å²) in [5.74, 6) is -0.196. The molecular weight excluding hydrogens is 258 g/mol. The molecule has 0 bridgehead atoms. The molecule has 1 aliphatic heterocycles. The Morgan fingerprint density at radius 2 is 2.05 bits per heavy atom. The third-order valence-corrected chi connectivity index (χ3v) is 3.41. The molecule has 1 aliphatic rings. The Morgan fingerprint density at radius 1 is 1.40 bits per heavy atom. The van der Waals surface area contributed by atoms with E-state index < -0.39 is 0 Å². The minimum atomic E-state index is -0.184. The summed E-state index contributed by atoms with van der Waals surface area (Å²) < 4.78 is 1.55. The highest BCUT2D eigenvalue weighted by atomic mass is 16.2. The van der Waals surface area contributed by atoms with Crippen molar-refractivity contribution in [3.63, 3.8) is 0 Å². The molecule has 1 aromatic heterocycles. The van der Waals surface area contributed by atoms with Crippen LogP contribution in [-0.2, 0) is 11.8 Å². The van der Waals surface area contributed by atoms with Gasteiger partial charge in [-0.25, -0.2) is 0 Å². The number of carbonyl (C=O) groups is 2. The molecule has 2 amide bonds. The SMILES string of the molecule is Cc1cc(C(=O)N(C)CC(=O)N2CCNCC2)n(C)n1. The van der Waals surface area contributed by atoms with Gasteiger partial charge < -0.3 is 15.1 Å². The molecule has 0 saturated carbocycles. The molecule has 1 N–H and O–H groups in total. The van der Waals surface area contributed by atoms with Gasteiger partial charge in [-0.2, -0.15) is 5.10 Å². The maximum absolute atomic E-state index is 12.3. The van der Waals surface area contributed by atoms with Crippen molar-refractivity contribution in [2.45, 2.75) is 6.92 Å². The lowest BCUT2D eigenvalue weighted by Crippen LogP contribution is -2.49. The van der Waals surface area contributed by atoms with Gasteiger partial charge in [0.25, 0.3) is 5.91 Å². The normalized spacial score (nSPS) is 15.2. The van der Waals surface area contributed by atoms with E-state index in [0.717, 1.165) is 18.8 Å². The van der Waals surface area contributed by atoms with Crippen LogP contribution in [0.1, 0.15) is 16.2 Å². The molecule has 2 heterocycles. The van der Waals surface area contributed by atoms with Gasteiger partial charge in [0.1, 0.15) is 5.69 Å². The van der Waals surface area contributed by atoms with Crippen LogP contribution >= 0.6 is 0 Å². The van der Waals surface area contributed by atoms with E-state index in [2.05, 4.69) is 10.4 Å². The Kier molecular flexibility index (Phi) is 4.39. The number of rotatable bonds is 3. The van der Waals surface area contributed by atoms with Crippen molar-refractivity contribution in [3.8, 4) is 0 Å². The molecule has 0 spiro atoms. The van der Waals surface area contributed by atoms with Crippen molar-refractivity contribution < 1.29 is 9.59 Å². The van der Waals surface area contributed by atoms with E-state index in [4.69, 9.17) is 0 Å². The Hall–Kier alpha value is -1.89. The molecule has 7 nitrogen and oxygen atoms in total. The van der Waals surface area contributed by atoms with Gasteiger partial charge in [-0.3, -0.25) is 14.3 Å². The van der Waals surface area contributed by atoms with E-state index in [1.54, 1.807) is 29.7 Å². The number of aromatic nitrogens is 2. The van der Waals surface area contributed by atoms with Crippen molar-refractivity contribution in [1.82, 2.24) is 24.9 Å². The first-order valence-corrected chi connectivity index (χ1v) is 6.73. The van der Waals surface area contributed by atoms with Gasteiger partial charge in [-0.15, -0.1) is 0 Å². The van der Waals surface area contributed by atoms with E-state index in [0.29, 0.717) is 18.8 Å². The number of hydrogen-bond acceptors (Lipinski definition) is 4. The lowest BCUT2D eigenvalue weighted by Gasteiger charge is -2.29. The Balaban J connectivity index is 1.97. The van der Waals surface area contributed by atoms with Crippen LogP contribution in [0.5, 0.6) is 0 Å². The fourth-order valence-corrected chi connectivity index (χ4v) is 2.30. The van der Waals surface area contributed by atoms with E-state index in [1.165, 1.54) is 4.90 Å². The summed E-state index contributed by atoms with van der Waals surface area (Å²) in [5.41, 5.74) is 1.29. The van der Waals surface area contributed by atoms with Crippen molar-refractivity contribution in [2.24, 2.45) is 7.05 Å². The fraction of sp³-hybridized carbons (Fsp3) is 0.615. The summed E-state index contributed by atoms with van der Waals surface area (Å²) in [4.78, 5) is 27.6. The molecule has 110 valence electrons. The van der Waals surface area contributed by atoms with E-state index in [9.17, 15) is 9.59 Å². The third-order valence-electron chi connectivity index (χ3n) is 3.41. The average Bonchev–Trinajstić information content (AvgIpc) is 2.77. The highest BCUT2D eigenvalue weighted by Crippen LogP contribution is 2.06. The van der Waals surface area contributed by atoms with Crippen LogP contribution in [-0.4, -0.2) is 71.2 Å². The lowest BCUT2D eigenvalue weighted by atomic mass is 10.3. The van der Waals surface area contributed by atoms with Crippen LogP contribution in [0.25, 0.3) is 0 Å². The Bertz CT molecular complexity index is 505. The van der Waals surface area contributed by atoms with Crippen LogP contribution in [0, 0.1) is 6.92 Å². The zero-order chi connectivity index (χ0) is 14.7. The van der Waals surface area contributed by atoms with Crippen LogP contribution in [0.3, 0.4) is 0 Å². The predicted octanol–water partition coefficient (Wildman–Crippen LogP) is -0.768. The van der Waals surface area contributed by atoms with Crippen LogP contribution < -0.4 is 5.32 Å². The first kappa shape index (κ1) is 14.5.